The highest BCUT2D eigenvalue weighted by Gasteiger charge is 2.29. The molecule has 0 radical (unpaired) electrons. The fraction of sp³-hybridized carbons (Fsp3) is 0.700. The van der Waals surface area contributed by atoms with Gasteiger partial charge in [-0.25, -0.2) is 0 Å². The molecule has 5 amide bonds. The van der Waals surface area contributed by atoms with Gasteiger partial charge in [-0.15, -0.1) is 0 Å². The van der Waals surface area contributed by atoms with E-state index in [1.165, 1.54) is 20.8 Å². The molecule has 0 spiro atoms. The number of carboxylic acids is 1. The maximum absolute atomic E-state index is 12.8. The van der Waals surface area contributed by atoms with Crippen molar-refractivity contribution in [3.63, 3.8) is 0 Å². The van der Waals surface area contributed by atoms with Crippen molar-refractivity contribution in [1.29, 1.82) is 0 Å². The molecule has 34 heavy (non-hydrogen) atoms. The van der Waals surface area contributed by atoms with Crippen molar-refractivity contribution in [2.75, 3.05) is 6.54 Å². The minimum Gasteiger partial charge on any atom is -0.480 e. The predicted octanol–water partition coefficient (Wildman–Crippen LogP) is -3.21. The Bertz CT molecular complexity index is 745. The summed E-state index contributed by atoms with van der Waals surface area (Å²) in [6.45, 7) is 4.41. The van der Waals surface area contributed by atoms with Crippen LogP contribution in [0.1, 0.15) is 52.9 Å². The number of carbonyl (C=O) groups is 6. The number of carbonyl (C=O) groups excluding carboxylic acids is 5. The molecule has 0 heterocycles. The maximum Gasteiger partial charge on any atom is 0.325 e. The molecule has 0 aliphatic heterocycles. The van der Waals surface area contributed by atoms with E-state index in [0.29, 0.717) is 19.4 Å². The van der Waals surface area contributed by atoms with Gasteiger partial charge in [-0.2, -0.15) is 0 Å². The van der Waals surface area contributed by atoms with Crippen LogP contribution in [0.25, 0.3) is 0 Å². The zero-order valence-electron chi connectivity index (χ0n) is 19.8. The van der Waals surface area contributed by atoms with Crippen LogP contribution >= 0.6 is 0 Å². The van der Waals surface area contributed by atoms with Crippen LogP contribution in [0.3, 0.4) is 0 Å². The Kier molecular flexibility index (Phi) is 14.1. The molecule has 194 valence electrons. The van der Waals surface area contributed by atoms with E-state index in [1.54, 1.807) is 0 Å². The molecule has 0 aromatic heterocycles. The van der Waals surface area contributed by atoms with Crippen molar-refractivity contribution in [3.05, 3.63) is 0 Å². The Morgan fingerprint density at radius 1 is 0.735 bits per heavy atom. The number of aliphatic carboxylic acids is 1. The molecule has 14 nitrogen and oxygen atoms in total. The van der Waals surface area contributed by atoms with Crippen LogP contribution in [0.2, 0.25) is 0 Å². The molecule has 0 saturated heterocycles. The predicted molar refractivity (Wildman–Crippen MR) is 122 cm³/mol. The van der Waals surface area contributed by atoms with E-state index in [4.69, 9.17) is 22.3 Å². The van der Waals surface area contributed by atoms with Gasteiger partial charge in [0.15, 0.2) is 0 Å². The fourth-order valence-electron chi connectivity index (χ4n) is 2.67. The second-order valence-corrected chi connectivity index (χ2v) is 8.00. The van der Waals surface area contributed by atoms with Crippen molar-refractivity contribution in [1.82, 2.24) is 21.3 Å². The third-order valence-electron chi connectivity index (χ3n) is 4.79. The minimum absolute atomic E-state index is 0.108. The first kappa shape index (κ1) is 30.7. The zero-order chi connectivity index (χ0) is 26.4. The topological polar surface area (TPSA) is 249 Å². The van der Waals surface area contributed by atoms with Crippen molar-refractivity contribution in [2.45, 2.75) is 83.1 Å². The van der Waals surface area contributed by atoms with Crippen LogP contribution in [0, 0.1) is 0 Å². The Morgan fingerprint density at radius 2 is 1.24 bits per heavy atom. The molecule has 0 unspecified atom stereocenters. The monoisotopic (exact) mass is 487 g/mol. The third-order valence-corrected chi connectivity index (χ3v) is 4.79. The van der Waals surface area contributed by atoms with Crippen LogP contribution in [0.4, 0.5) is 0 Å². The highest BCUT2D eigenvalue weighted by molar-refractivity contribution is 5.95. The van der Waals surface area contributed by atoms with E-state index in [1.807, 2.05) is 0 Å². The van der Waals surface area contributed by atoms with E-state index in [2.05, 4.69) is 21.3 Å². The average Bonchev–Trinajstić information content (AvgIpc) is 2.74. The van der Waals surface area contributed by atoms with Crippen LogP contribution in [-0.2, 0) is 28.8 Å². The zero-order valence-corrected chi connectivity index (χ0v) is 19.8. The lowest BCUT2D eigenvalue weighted by Crippen LogP contribution is -2.57. The van der Waals surface area contributed by atoms with Crippen molar-refractivity contribution in [2.24, 2.45) is 17.2 Å². The first-order chi connectivity index (χ1) is 15.8. The summed E-state index contributed by atoms with van der Waals surface area (Å²) >= 11 is 0. The number of nitrogens with two attached hydrogens (primary N) is 3. The van der Waals surface area contributed by atoms with Crippen molar-refractivity contribution < 1.29 is 33.9 Å². The Labute approximate surface area is 198 Å². The van der Waals surface area contributed by atoms with Gasteiger partial charge >= 0.3 is 5.97 Å². The van der Waals surface area contributed by atoms with Gasteiger partial charge in [-0.3, -0.25) is 28.8 Å². The highest BCUT2D eigenvalue weighted by Crippen LogP contribution is 2.05. The smallest absolute Gasteiger partial charge is 0.325 e. The van der Waals surface area contributed by atoms with Gasteiger partial charge < -0.3 is 43.6 Å². The second-order valence-electron chi connectivity index (χ2n) is 8.00. The fourth-order valence-corrected chi connectivity index (χ4v) is 2.67. The summed E-state index contributed by atoms with van der Waals surface area (Å²) < 4.78 is 0. The van der Waals surface area contributed by atoms with E-state index in [-0.39, 0.29) is 19.3 Å². The Morgan fingerprint density at radius 3 is 1.74 bits per heavy atom. The number of rotatable bonds is 16. The lowest BCUT2D eigenvalue weighted by Gasteiger charge is -2.25. The summed E-state index contributed by atoms with van der Waals surface area (Å²) in [7, 11) is 0. The van der Waals surface area contributed by atoms with E-state index in [0.717, 1.165) is 0 Å². The molecule has 0 aliphatic rings. The molecule has 5 atom stereocenters. The van der Waals surface area contributed by atoms with Crippen molar-refractivity contribution >= 4 is 35.5 Å². The molecule has 0 bridgehead atoms. The van der Waals surface area contributed by atoms with Gasteiger partial charge in [-0.05, 0) is 53.0 Å². The number of unbranched alkanes of at least 4 members (excludes halogenated alkanes) is 1. The first-order valence-electron chi connectivity index (χ1n) is 11.0. The van der Waals surface area contributed by atoms with E-state index >= 15 is 0 Å². The normalized spacial score (nSPS) is 15.1. The van der Waals surface area contributed by atoms with Crippen molar-refractivity contribution in [3.8, 4) is 0 Å². The van der Waals surface area contributed by atoms with Crippen LogP contribution in [-0.4, -0.2) is 77.4 Å². The molecular formula is C20H37N7O7. The summed E-state index contributed by atoms with van der Waals surface area (Å²) in [5, 5.41) is 18.5. The Hall–Kier alpha value is -3.26. The summed E-state index contributed by atoms with van der Waals surface area (Å²) in [5.74, 6) is -4.71. The summed E-state index contributed by atoms with van der Waals surface area (Å²) in [5.41, 5.74) is 16.2. The quantitative estimate of drug-likeness (QED) is 0.102. The van der Waals surface area contributed by atoms with Crippen LogP contribution in [0.15, 0.2) is 0 Å². The number of hydrogen-bond acceptors (Lipinski definition) is 8. The summed E-state index contributed by atoms with van der Waals surface area (Å²) in [6, 6.07) is -5.43. The number of nitrogens with one attached hydrogen (secondary N) is 4. The lowest BCUT2D eigenvalue weighted by atomic mass is 10.1. The van der Waals surface area contributed by atoms with Gasteiger partial charge in [0.1, 0.15) is 24.2 Å². The molecule has 11 N–H and O–H groups in total. The lowest BCUT2D eigenvalue weighted by molar-refractivity contribution is -0.141. The minimum atomic E-state index is -1.24. The number of primary amides is 1. The molecule has 0 saturated carbocycles. The maximum atomic E-state index is 12.8. The molecule has 14 heteroatoms. The van der Waals surface area contributed by atoms with E-state index < -0.39 is 65.7 Å². The molecule has 0 aliphatic carbocycles. The molecule has 0 fully saturated rings. The highest BCUT2D eigenvalue weighted by atomic mass is 16.4. The second kappa shape index (κ2) is 15.6. The first-order valence-corrected chi connectivity index (χ1v) is 11.0. The molecule has 0 aromatic rings. The van der Waals surface area contributed by atoms with Crippen LogP contribution < -0.4 is 38.5 Å². The molecule has 0 rings (SSSR count). The number of amides is 5. The van der Waals surface area contributed by atoms with Gasteiger partial charge in [-0.1, -0.05) is 0 Å². The van der Waals surface area contributed by atoms with E-state index in [9.17, 15) is 28.8 Å². The van der Waals surface area contributed by atoms with Gasteiger partial charge in [0.25, 0.3) is 0 Å². The average molecular weight is 488 g/mol. The third kappa shape index (κ3) is 12.1. The van der Waals surface area contributed by atoms with Crippen LogP contribution in [0.5, 0.6) is 0 Å². The SMILES string of the molecule is C[C@H](N)C(=O)N[C@H](CCC(N)=O)C(=O)N[C@@H](CCCCN)C(=O)N[C@H](C)C(=O)N[C@H](C)C(=O)O. The number of carboxylic acid groups (broad SMARTS) is 1. The number of hydrogen-bond donors (Lipinski definition) is 8. The largest absolute Gasteiger partial charge is 0.480 e. The van der Waals surface area contributed by atoms with Gasteiger partial charge in [0.2, 0.25) is 29.5 Å². The Balaban J connectivity index is 5.40. The summed E-state index contributed by atoms with van der Waals surface area (Å²) in [6.07, 6.45) is 0.920. The summed E-state index contributed by atoms with van der Waals surface area (Å²) in [4.78, 5) is 71.8. The molecular weight excluding hydrogens is 450 g/mol. The molecule has 0 aromatic carbocycles. The van der Waals surface area contributed by atoms with Gasteiger partial charge in [0.05, 0.1) is 6.04 Å². The standard InChI is InChI=1S/C20H37N7O7/c1-10(22)16(29)26-14(7-8-15(23)28)19(32)27-13(6-4-5-9-21)18(31)24-11(2)17(30)25-12(3)20(33)34/h10-14H,4-9,21-22H2,1-3H3,(H2,23,28)(H,24,31)(H,25,30)(H,26,29)(H,27,32)(H,33,34)/t10-,11+,12+,13-,14+/m0/s1. The van der Waals surface area contributed by atoms with Gasteiger partial charge in [0, 0.05) is 6.42 Å².